The summed E-state index contributed by atoms with van der Waals surface area (Å²) < 4.78 is 0. The summed E-state index contributed by atoms with van der Waals surface area (Å²) in [5.41, 5.74) is 4.10. The number of nitrogens with zero attached hydrogens (tertiary/aromatic N) is 4. The first-order valence-electron chi connectivity index (χ1n) is 9.04. The van der Waals surface area contributed by atoms with Gasteiger partial charge in [0.2, 0.25) is 5.95 Å². The van der Waals surface area contributed by atoms with Crippen molar-refractivity contribution in [2.24, 2.45) is 0 Å². The van der Waals surface area contributed by atoms with E-state index in [2.05, 4.69) is 48.4 Å². The number of nitrogens with one attached hydrogen (secondary N) is 3. The maximum absolute atomic E-state index is 4.67. The largest absolute Gasteiger partial charge is 0.359 e. The molecule has 27 heavy (non-hydrogen) atoms. The third-order valence-electron chi connectivity index (χ3n) is 4.71. The molecule has 0 saturated heterocycles. The molecule has 1 aliphatic carbocycles. The average molecular weight is 357 g/mol. The number of H-pyrrole nitrogens is 2. The van der Waals surface area contributed by atoms with E-state index in [0.717, 1.165) is 28.3 Å². The first-order valence-corrected chi connectivity index (χ1v) is 9.04. The number of rotatable bonds is 5. The molecule has 0 aliphatic heterocycles. The predicted octanol–water partition coefficient (Wildman–Crippen LogP) is 4.19. The van der Waals surface area contributed by atoms with Crippen LogP contribution in [0.15, 0.2) is 48.7 Å². The Hall–Kier alpha value is -3.48. The maximum Gasteiger partial charge on any atom is 0.232 e. The van der Waals surface area contributed by atoms with Crippen molar-refractivity contribution in [3.05, 3.63) is 59.9 Å². The van der Waals surface area contributed by atoms with Crippen molar-refractivity contribution in [3.63, 3.8) is 0 Å². The van der Waals surface area contributed by atoms with Crippen LogP contribution < -0.4 is 5.32 Å². The zero-order chi connectivity index (χ0) is 18.2. The lowest BCUT2D eigenvalue weighted by molar-refractivity contribution is 0.964. The maximum atomic E-state index is 4.67. The van der Waals surface area contributed by atoms with Crippen LogP contribution in [0.3, 0.4) is 0 Å². The predicted molar refractivity (Wildman–Crippen MR) is 104 cm³/mol. The number of anilines is 2. The Morgan fingerprint density at radius 2 is 1.85 bits per heavy atom. The van der Waals surface area contributed by atoms with E-state index in [9.17, 15) is 0 Å². The highest BCUT2D eigenvalue weighted by Gasteiger charge is 2.25. The summed E-state index contributed by atoms with van der Waals surface area (Å²) in [6, 6.07) is 14.0. The van der Waals surface area contributed by atoms with Crippen molar-refractivity contribution in [1.29, 1.82) is 0 Å². The fourth-order valence-corrected chi connectivity index (χ4v) is 3.08. The Balaban J connectivity index is 1.56. The zero-order valence-corrected chi connectivity index (χ0v) is 14.9. The van der Waals surface area contributed by atoms with E-state index in [1.165, 1.54) is 12.8 Å². The summed E-state index contributed by atoms with van der Waals surface area (Å²) in [7, 11) is 0. The Morgan fingerprint density at radius 1 is 1.00 bits per heavy atom. The standard InChI is InChI=1S/C20H19N7/c1-12-5-2-3-6-14(12)18-23-19(15-7-4-10-21-15)25-20(24-18)22-17-11-16(26-27-17)13-8-9-13/h2-7,10-11,13,21H,8-9H2,1H3,(H2,22,23,24,25,26,27). The molecule has 134 valence electrons. The number of aromatic amines is 2. The van der Waals surface area contributed by atoms with Crippen LogP contribution in [0.2, 0.25) is 0 Å². The Morgan fingerprint density at radius 3 is 2.63 bits per heavy atom. The van der Waals surface area contributed by atoms with E-state index in [-0.39, 0.29) is 0 Å². The molecule has 0 amide bonds. The molecule has 5 rings (SSSR count). The lowest BCUT2D eigenvalue weighted by atomic mass is 10.1. The molecule has 7 nitrogen and oxygen atoms in total. The van der Waals surface area contributed by atoms with Gasteiger partial charge >= 0.3 is 0 Å². The highest BCUT2D eigenvalue weighted by molar-refractivity contribution is 5.65. The van der Waals surface area contributed by atoms with Crippen molar-refractivity contribution >= 4 is 11.8 Å². The van der Waals surface area contributed by atoms with Crippen LogP contribution in [0, 0.1) is 6.92 Å². The number of aryl methyl sites for hydroxylation is 1. The molecule has 0 radical (unpaired) electrons. The number of aromatic nitrogens is 6. The summed E-state index contributed by atoms with van der Waals surface area (Å²) >= 11 is 0. The van der Waals surface area contributed by atoms with Crippen molar-refractivity contribution in [3.8, 4) is 22.9 Å². The number of hydrogen-bond donors (Lipinski definition) is 3. The minimum Gasteiger partial charge on any atom is -0.359 e. The molecule has 0 spiro atoms. The van der Waals surface area contributed by atoms with Crippen LogP contribution in [0.4, 0.5) is 11.8 Å². The van der Waals surface area contributed by atoms with E-state index < -0.39 is 0 Å². The summed E-state index contributed by atoms with van der Waals surface area (Å²) in [6.07, 6.45) is 4.30. The van der Waals surface area contributed by atoms with Gasteiger partial charge in [-0.05, 0) is 37.5 Å². The Labute approximate surface area is 156 Å². The normalized spacial score (nSPS) is 13.7. The first kappa shape index (κ1) is 15.7. The van der Waals surface area contributed by atoms with Crippen LogP contribution in [-0.4, -0.2) is 30.1 Å². The molecule has 3 aromatic heterocycles. The number of hydrogen-bond acceptors (Lipinski definition) is 5. The molecular weight excluding hydrogens is 338 g/mol. The smallest absolute Gasteiger partial charge is 0.232 e. The molecule has 0 unspecified atom stereocenters. The van der Waals surface area contributed by atoms with E-state index >= 15 is 0 Å². The molecule has 0 bridgehead atoms. The molecule has 1 aliphatic rings. The third-order valence-corrected chi connectivity index (χ3v) is 4.71. The van der Waals surface area contributed by atoms with Gasteiger partial charge in [-0.2, -0.15) is 15.1 Å². The van der Waals surface area contributed by atoms with Gasteiger partial charge in [0.1, 0.15) is 0 Å². The van der Waals surface area contributed by atoms with Gasteiger partial charge in [-0.3, -0.25) is 5.10 Å². The fraction of sp³-hybridized carbons (Fsp3) is 0.200. The molecule has 1 aromatic carbocycles. The van der Waals surface area contributed by atoms with Crippen LogP contribution >= 0.6 is 0 Å². The molecule has 4 aromatic rings. The van der Waals surface area contributed by atoms with Crippen molar-refractivity contribution in [1.82, 2.24) is 30.1 Å². The van der Waals surface area contributed by atoms with Gasteiger partial charge in [0.25, 0.3) is 0 Å². The van der Waals surface area contributed by atoms with E-state index in [1.807, 2.05) is 42.6 Å². The second-order valence-electron chi connectivity index (χ2n) is 6.81. The van der Waals surface area contributed by atoms with Crippen LogP contribution in [0.5, 0.6) is 0 Å². The van der Waals surface area contributed by atoms with Gasteiger partial charge < -0.3 is 10.3 Å². The van der Waals surface area contributed by atoms with Crippen LogP contribution in [-0.2, 0) is 0 Å². The highest BCUT2D eigenvalue weighted by Crippen LogP contribution is 2.39. The van der Waals surface area contributed by atoms with Gasteiger partial charge in [0.15, 0.2) is 17.5 Å². The third kappa shape index (κ3) is 3.19. The molecule has 3 heterocycles. The van der Waals surface area contributed by atoms with E-state index in [1.54, 1.807) is 0 Å². The monoisotopic (exact) mass is 357 g/mol. The van der Waals surface area contributed by atoms with Gasteiger partial charge in [0, 0.05) is 29.4 Å². The summed E-state index contributed by atoms with van der Waals surface area (Å²) in [5, 5.41) is 10.7. The second kappa shape index (κ2) is 6.35. The molecule has 7 heteroatoms. The van der Waals surface area contributed by atoms with Gasteiger partial charge in [0.05, 0.1) is 5.69 Å². The molecule has 0 atom stereocenters. The highest BCUT2D eigenvalue weighted by atomic mass is 15.2. The van der Waals surface area contributed by atoms with Crippen LogP contribution in [0.1, 0.15) is 30.0 Å². The molecule has 1 saturated carbocycles. The topological polar surface area (TPSA) is 95.2 Å². The second-order valence-corrected chi connectivity index (χ2v) is 6.81. The number of benzene rings is 1. The van der Waals surface area contributed by atoms with Crippen molar-refractivity contribution in [2.75, 3.05) is 5.32 Å². The van der Waals surface area contributed by atoms with E-state index in [0.29, 0.717) is 23.5 Å². The zero-order valence-electron chi connectivity index (χ0n) is 14.9. The van der Waals surface area contributed by atoms with Gasteiger partial charge in [-0.1, -0.05) is 24.3 Å². The summed E-state index contributed by atoms with van der Waals surface area (Å²) in [5.74, 6) is 3.03. The Kier molecular flexibility index (Phi) is 3.71. The Bertz CT molecular complexity index is 1080. The molecule has 3 N–H and O–H groups in total. The van der Waals surface area contributed by atoms with Crippen molar-refractivity contribution in [2.45, 2.75) is 25.7 Å². The van der Waals surface area contributed by atoms with Gasteiger partial charge in [-0.25, -0.2) is 4.98 Å². The van der Waals surface area contributed by atoms with E-state index in [4.69, 9.17) is 0 Å². The summed E-state index contributed by atoms with van der Waals surface area (Å²) in [4.78, 5) is 17.0. The lowest BCUT2D eigenvalue weighted by Crippen LogP contribution is -2.04. The lowest BCUT2D eigenvalue weighted by Gasteiger charge is -2.09. The fourth-order valence-electron chi connectivity index (χ4n) is 3.08. The minimum atomic E-state index is 0.474. The SMILES string of the molecule is Cc1ccccc1-c1nc(Nc2cc(C3CC3)[nH]n2)nc(-c2ccc[nH]2)n1. The average Bonchev–Trinajstić information content (AvgIpc) is 3.17. The van der Waals surface area contributed by atoms with Crippen LogP contribution in [0.25, 0.3) is 22.9 Å². The van der Waals surface area contributed by atoms with Crippen molar-refractivity contribution < 1.29 is 0 Å². The van der Waals surface area contributed by atoms with Gasteiger partial charge in [-0.15, -0.1) is 0 Å². The minimum absolute atomic E-state index is 0.474. The molecule has 1 fully saturated rings. The first-order chi connectivity index (χ1) is 13.3. The summed E-state index contributed by atoms with van der Waals surface area (Å²) in [6.45, 7) is 2.05. The molecular formula is C20H19N7. The quantitative estimate of drug-likeness (QED) is 0.498.